The molecule has 0 fully saturated rings. The Balaban J connectivity index is 1.24. The van der Waals surface area contributed by atoms with Gasteiger partial charge in [0, 0.05) is 5.69 Å². The Hall–Kier alpha value is -6.91. The van der Waals surface area contributed by atoms with Crippen LogP contribution >= 0.6 is 0 Å². The molecule has 0 saturated carbocycles. The summed E-state index contributed by atoms with van der Waals surface area (Å²) < 4.78 is 17.4. The van der Waals surface area contributed by atoms with Crippen LogP contribution in [0.4, 0.5) is 0 Å². The Labute approximate surface area is 418 Å². The second-order valence-electron chi connectivity index (χ2n) is 17.7. The summed E-state index contributed by atoms with van der Waals surface area (Å²) in [4.78, 5) is 0. The van der Waals surface area contributed by atoms with Crippen LogP contribution in [0.25, 0.3) is 116 Å². The number of aromatic nitrogens is 2. The predicted octanol–water partition coefficient (Wildman–Crippen LogP) is -0.267. The molecule has 4 aromatic heterocycles. The van der Waals surface area contributed by atoms with Gasteiger partial charge in [0.15, 0.2) is 0 Å². The van der Waals surface area contributed by atoms with E-state index in [9.17, 15) is 0 Å². The summed E-state index contributed by atoms with van der Waals surface area (Å²) in [6.07, 6.45) is 0. The molecule has 0 bridgehead atoms. The van der Waals surface area contributed by atoms with Gasteiger partial charge in [-0.1, -0.05) is 30.3 Å². The molecule has 4 nitrogen and oxygen atoms in total. The summed E-state index contributed by atoms with van der Waals surface area (Å²) >= 11 is 0. The molecule has 0 aliphatic carbocycles. The fourth-order valence-electron chi connectivity index (χ4n) is 10.5. The predicted molar refractivity (Wildman–Crippen MR) is 307 cm³/mol. The normalized spacial score (nSPS) is 12.9. The van der Waals surface area contributed by atoms with Crippen LogP contribution in [-0.2, 0) is 0 Å². The molecule has 0 atom stereocenters. The molecule has 12 rings (SSSR count). The van der Waals surface area contributed by atoms with E-state index in [-0.39, 0.29) is 65.8 Å². The van der Waals surface area contributed by atoms with E-state index in [1.807, 2.05) is 47.0 Å². The number of rotatable bonds is 5. The number of benzene rings is 8. The molecule has 0 amide bonds. The average Bonchev–Trinajstić information content (AvgIpc) is 4.13. The van der Waals surface area contributed by atoms with Gasteiger partial charge in [0.2, 0.25) is 0 Å². The third kappa shape index (κ3) is 6.10. The van der Waals surface area contributed by atoms with Crippen molar-refractivity contribution in [3.8, 4) is 27.9 Å². The van der Waals surface area contributed by atoms with E-state index in [0.29, 0.717) is 60.2 Å². The number of nitrogens with zero attached hydrogens (tertiary/aromatic N) is 2. The van der Waals surface area contributed by atoms with Crippen LogP contribution < -0.4 is 65.3 Å². The molecule has 297 valence electrons. The first-order valence-electron chi connectivity index (χ1n) is 22.2. The molecule has 0 saturated heterocycles. The van der Waals surface area contributed by atoms with Crippen LogP contribution in [-0.4, -0.2) is 109 Å². The summed E-state index contributed by atoms with van der Waals surface area (Å²) in [7, 11) is 79.5. The molecular formula is C54H23B12N2O2. The fourth-order valence-corrected chi connectivity index (χ4v) is 10.5. The molecule has 0 N–H and O–H groups in total. The van der Waals surface area contributed by atoms with E-state index < -0.39 is 0 Å². The first-order valence-corrected chi connectivity index (χ1v) is 22.2. The van der Waals surface area contributed by atoms with Crippen molar-refractivity contribution in [1.29, 1.82) is 0 Å². The topological polar surface area (TPSA) is 36.1 Å². The van der Waals surface area contributed by atoms with Gasteiger partial charge in [-0.15, -0.1) is 0 Å². The van der Waals surface area contributed by atoms with E-state index in [1.165, 1.54) is 5.97 Å². The summed E-state index contributed by atoms with van der Waals surface area (Å²) in [6, 6.07) is 39.1. The van der Waals surface area contributed by atoms with Gasteiger partial charge in [-0.25, -0.2) is 0 Å². The summed E-state index contributed by atoms with van der Waals surface area (Å²) in [5.74, 6) is 1.47. The second-order valence-corrected chi connectivity index (χ2v) is 17.7. The van der Waals surface area contributed by atoms with Crippen molar-refractivity contribution in [3.63, 3.8) is 0 Å². The van der Waals surface area contributed by atoms with E-state index in [0.717, 1.165) is 54.9 Å². The SMILES string of the molecule is [B]/C(C)=c1/c(=C(\C=[B])n2c3ccc(-c4ccc5c(c4)c4ccccc4n5-c4ccccc4)cc3c3c(-c4c([B])c([B])c([B])c5oc6c([B])c([B])c([B])c([B])c6c45)cccc32)oc2c([B])c([B])c([B])cc12. The zero-order valence-electron chi connectivity index (χ0n) is 37.7. The minimum absolute atomic E-state index is 0.0776. The average molecular weight is 862 g/mol. The first kappa shape index (κ1) is 44.3. The Bertz CT molecular complexity index is 4470. The quantitative estimate of drug-likeness (QED) is 0.224. The van der Waals surface area contributed by atoms with Gasteiger partial charge >= 0.3 is 359 Å². The third-order valence-corrected chi connectivity index (χ3v) is 13.8. The van der Waals surface area contributed by atoms with Gasteiger partial charge in [0.05, 0.1) is 0 Å². The summed E-state index contributed by atoms with van der Waals surface area (Å²) in [6.45, 7) is 1.77. The number of hydrogen-bond acceptors (Lipinski definition) is 2. The molecule has 0 spiro atoms. The molecule has 0 unspecified atom stereocenters. The molecule has 12 aromatic rings. The van der Waals surface area contributed by atoms with Gasteiger partial charge in [-0.05, 0) is 18.2 Å². The van der Waals surface area contributed by atoms with Crippen LogP contribution in [0.15, 0.2) is 124 Å². The Morgan fingerprint density at radius 3 is 1.79 bits per heavy atom. The van der Waals surface area contributed by atoms with Crippen molar-refractivity contribution in [2.45, 2.75) is 6.92 Å². The van der Waals surface area contributed by atoms with E-state index in [4.69, 9.17) is 103 Å². The zero-order chi connectivity index (χ0) is 48.8. The molecular weight excluding hydrogens is 838 g/mol. The van der Waals surface area contributed by atoms with Crippen LogP contribution in [0.2, 0.25) is 0 Å². The van der Waals surface area contributed by atoms with Crippen molar-refractivity contribution in [2.75, 3.05) is 0 Å². The fraction of sp³-hybridized carbons (Fsp3) is 0.0185. The van der Waals surface area contributed by atoms with E-state index in [1.54, 1.807) is 13.0 Å². The Morgan fingerprint density at radius 2 is 1.07 bits per heavy atom. The number of hydrogen-bond donors (Lipinski definition) is 0. The van der Waals surface area contributed by atoms with Crippen LogP contribution in [0.3, 0.4) is 0 Å². The van der Waals surface area contributed by atoms with Gasteiger partial charge in [-0.2, -0.15) is 0 Å². The Kier molecular flexibility index (Phi) is 10.2. The summed E-state index contributed by atoms with van der Waals surface area (Å²) in [5, 5.41) is 5.72. The van der Waals surface area contributed by atoms with Gasteiger partial charge in [0.25, 0.3) is 0 Å². The van der Waals surface area contributed by atoms with Crippen molar-refractivity contribution in [3.05, 3.63) is 126 Å². The van der Waals surface area contributed by atoms with Crippen LogP contribution in [0.1, 0.15) is 6.92 Å². The monoisotopic (exact) mass is 863 g/mol. The molecule has 4 heterocycles. The Morgan fingerprint density at radius 1 is 0.471 bits per heavy atom. The van der Waals surface area contributed by atoms with Crippen molar-refractivity contribution < 1.29 is 8.83 Å². The standard InChI is InChI=1S/C54H23B12N2O2/c1-22(56)37-30-20-31(57)42(58)48(64)51(30)69-52(37)36(21-55)68-34-17-15-24(23-14-16-33-28(18-23)26-10-5-6-12-32(26)67(33)25-8-3-2-4-9-25)19-29(34)38-27(11-7-13-35(38)68)39-40-41-44(60)45(61)47(63)50(66)54(41)70-53(40)49(65)46(62)43(39)59/h2-21H,1H3/b37-22+,52-36-. The molecule has 8 aromatic carbocycles. The van der Waals surface area contributed by atoms with E-state index >= 15 is 0 Å². The van der Waals surface area contributed by atoms with Crippen LogP contribution in [0.5, 0.6) is 0 Å². The van der Waals surface area contributed by atoms with Gasteiger partial charge < -0.3 is 0 Å². The molecule has 0 aliphatic rings. The molecule has 16 heteroatoms. The first-order chi connectivity index (χ1) is 33.7. The van der Waals surface area contributed by atoms with Crippen molar-refractivity contribution >= 4 is 242 Å². The van der Waals surface area contributed by atoms with Gasteiger partial charge in [-0.3, -0.25) is 0 Å². The maximum absolute atomic E-state index is 7.13. The van der Waals surface area contributed by atoms with Crippen molar-refractivity contribution in [1.82, 2.24) is 9.13 Å². The molecule has 0 aliphatic heterocycles. The number of fused-ring (bicyclic) bond motifs is 10. The minimum atomic E-state index is 0.0776. The van der Waals surface area contributed by atoms with Gasteiger partial charge in [0.1, 0.15) is 7.85 Å². The van der Waals surface area contributed by atoms with Crippen LogP contribution in [0, 0.1) is 0 Å². The molecule has 23 radical (unpaired) electrons. The van der Waals surface area contributed by atoms with E-state index in [2.05, 4.69) is 71.3 Å². The third-order valence-electron chi connectivity index (χ3n) is 13.8. The zero-order valence-corrected chi connectivity index (χ0v) is 37.7. The number of para-hydroxylation sites is 2. The molecule has 70 heavy (non-hydrogen) atoms. The summed E-state index contributed by atoms with van der Waals surface area (Å²) in [5.41, 5.74) is 11.1. The maximum atomic E-state index is 7.13. The van der Waals surface area contributed by atoms with Crippen molar-refractivity contribution in [2.24, 2.45) is 0 Å². The number of furan rings is 2. The second kappa shape index (κ2) is 16.1.